The first kappa shape index (κ1) is 48.1. The van der Waals surface area contributed by atoms with Crippen molar-refractivity contribution in [3.05, 3.63) is 230 Å². The fraction of sp³-hybridized carbons (Fsp3) is 0.0877. The van der Waals surface area contributed by atoms with Crippen LogP contribution in [0.5, 0.6) is 0 Å². The molecule has 8 aromatic rings. The second-order valence-electron chi connectivity index (χ2n) is 16.6. The van der Waals surface area contributed by atoms with E-state index in [9.17, 15) is 0 Å². The van der Waals surface area contributed by atoms with Gasteiger partial charge in [-0.25, -0.2) is 0 Å². The van der Waals surface area contributed by atoms with E-state index in [1.807, 2.05) is 12.1 Å². The summed E-state index contributed by atoms with van der Waals surface area (Å²) in [6.07, 6.45) is 14.9. The molecular weight excluding hydrogens is 1110 g/mol. The van der Waals surface area contributed by atoms with Crippen molar-refractivity contribution in [2.24, 2.45) is 0 Å². The van der Waals surface area contributed by atoms with Crippen LogP contribution in [0.1, 0.15) is 11.1 Å². The number of rotatable bonds is 6. The zero-order valence-corrected chi connectivity index (χ0v) is 43.6. The van der Waals surface area contributed by atoms with Gasteiger partial charge in [0.25, 0.3) is 0 Å². The SMILES string of the molecule is [Ag+].[Au+].[C-]#Cc1cccc2c1-c1ccccc1[Si]2(C)C.[C-]#Cc1cccc2c1-c1ccccc1[Si]2(C)C.c1ccc([PH+](C[PH+](c2ccccc2)c2ccccc2)c2ccccc2)cc1. The predicted molar refractivity (Wildman–Crippen MR) is 276 cm³/mol. The summed E-state index contributed by atoms with van der Waals surface area (Å²) in [5.74, 6) is 6.40. The van der Waals surface area contributed by atoms with Crippen LogP contribution in [0.25, 0.3) is 22.3 Å². The van der Waals surface area contributed by atoms with Crippen molar-refractivity contribution in [1.29, 1.82) is 0 Å². The quantitative estimate of drug-likeness (QED) is 0.0675. The van der Waals surface area contributed by atoms with Crippen LogP contribution in [-0.2, 0) is 44.8 Å². The molecule has 0 nitrogen and oxygen atoms in total. The van der Waals surface area contributed by atoms with Crippen molar-refractivity contribution in [1.82, 2.24) is 0 Å². The Morgan fingerprint density at radius 1 is 0.365 bits per heavy atom. The topological polar surface area (TPSA) is 0 Å². The van der Waals surface area contributed by atoms with Crippen LogP contribution < -0.4 is 42.0 Å². The van der Waals surface area contributed by atoms with Crippen molar-refractivity contribution < 1.29 is 44.8 Å². The number of fused-ring (bicyclic) bond motifs is 6. The molecule has 0 saturated carbocycles. The van der Waals surface area contributed by atoms with Gasteiger partial charge in [-0.1, -0.05) is 193 Å². The van der Waals surface area contributed by atoms with Gasteiger partial charge in [-0.05, 0) is 70.0 Å². The minimum Gasteiger partial charge on any atom is -0.366 e. The van der Waals surface area contributed by atoms with Crippen LogP contribution in [-0.4, -0.2) is 22.1 Å². The molecule has 316 valence electrons. The molecule has 0 radical (unpaired) electrons. The van der Waals surface area contributed by atoms with Crippen LogP contribution in [0, 0.1) is 24.7 Å². The molecule has 10 rings (SSSR count). The first-order valence-electron chi connectivity index (χ1n) is 21.0. The summed E-state index contributed by atoms with van der Waals surface area (Å²) >= 11 is 0. The first-order valence-corrected chi connectivity index (χ1v) is 30.4. The largest absolute Gasteiger partial charge is 1.00 e. The van der Waals surface area contributed by atoms with Gasteiger partial charge in [-0.15, -0.1) is 23.3 Å². The third-order valence-corrected chi connectivity index (χ3v) is 26.4. The zero-order chi connectivity index (χ0) is 42.4. The maximum Gasteiger partial charge on any atom is 1.00 e. The van der Waals surface area contributed by atoms with Gasteiger partial charge >= 0.3 is 44.8 Å². The molecule has 8 aromatic carbocycles. The third kappa shape index (κ3) is 10.00. The maximum atomic E-state index is 7.45. The Bertz CT molecular complexity index is 2590. The van der Waals surface area contributed by atoms with Crippen molar-refractivity contribution >= 4 is 74.0 Å². The van der Waals surface area contributed by atoms with Gasteiger partial charge in [-0.2, -0.15) is 0 Å². The van der Waals surface area contributed by atoms with Gasteiger partial charge in [0.1, 0.15) is 53.2 Å². The van der Waals surface area contributed by atoms with Crippen molar-refractivity contribution in [3.8, 4) is 34.1 Å². The van der Waals surface area contributed by atoms with E-state index >= 15 is 0 Å². The summed E-state index contributed by atoms with van der Waals surface area (Å²) in [5, 5.41) is 11.9. The molecule has 0 saturated heterocycles. The van der Waals surface area contributed by atoms with Crippen LogP contribution in [0.4, 0.5) is 0 Å². The summed E-state index contributed by atoms with van der Waals surface area (Å²) in [5.41, 5.74) is 6.97. The third-order valence-electron chi connectivity index (χ3n) is 12.3. The van der Waals surface area contributed by atoms with E-state index in [1.54, 1.807) is 0 Å². The minimum atomic E-state index is -1.55. The molecule has 0 aromatic heterocycles. The van der Waals surface area contributed by atoms with E-state index in [1.165, 1.54) is 70.1 Å². The standard InChI is InChI=1S/C25H22P2.2C16H13Si.Ag.Au/c1-5-13-22(14-6-1)26(23-15-7-2-8-16-23)21-27(24-17-9-3-10-18-24)25-19-11-4-12-20-25;2*1-4-12-8-7-11-15-16(12)13-9-5-6-10-14(13)17(15,2)3;;/h1-20H,21H2;2*5-11H,2-3H3;;/q;2*-1;2*+1/p+2. The van der Waals surface area contributed by atoms with E-state index < -0.39 is 32.0 Å². The van der Waals surface area contributed by atoms with Crippen LogP contribution >= 0.6 is 15.8 Å². The molecule has 2 aliphatic heterocycles. The van der Waals surface area contributed by atoms with E-state index in [-0.39, 0.29) is 44.8 Å². The van der Waals surface area contributed by atoms with Gasteiger partial charge in [0.2, 0.25) is 0 Å². The van der Waals surface area contributed by atoms with Gasteiger partial charge in [0, 0.05) is 0 Å². The summed E-state index contributed by atoms with van der Waals surface area (Å²) in [7, 11) is -4.80. The Morgan fingerprint density at radius 3 is 0.937 bits per heavy atom. The molecule has 63 heavy (non-hydrogen) atoms. The molecular formula is C57H50AgAuP2Si2+2. The number of hydrogen-bond acceptors (Lipinski definition) is 0. The molecule has 6 heteroatoms. The van der Waals surface area contributed by atoms with Crippen LogP contribution in [0.3, 0.4) is 0 Å². The van der Waals surface area contributed by atoms with Crippen molar-refractivity contribution in [2.45, 2.75) is 26.2 Å². The second kappa shape index (κ2) is 21.6. The first-order chi connectivity index (χ1) is 29.7. The summed E-state index contributed by atoms with van der Waals surface area (Å²) in [4.78, 5) is 0. The maximum absolute atomic E-state index is 7.45. The number of benzene rings is 8. The molecule has 2 heterocycles. The monoisotopic (exact) mass is 1160 g/mol. The van der Waals surface area contributed by atoms with E-state index in [0.717, 1.165) is 11.1 Å². The van der Waals surface area contributed by atoms with Crippen molar-refractivity contribution in [3.63, 3.8) is 0 Å². The summed E-state index contributed by atoms with van der Waals surface area (Å²) < 4.78 is 0. The predicted octanol–water partition coefficient (Wildman–Crippen LogP) is 9.52. The molecule has 0 unspecified atom stereocenters. The molecule has 0 aliphatic carbocycles. The number of hydrogen-bond donors (Lipinski definition) is 0. The second-order valence-corrected chi connectivity index (χ2v) is 30.9. The molecule has 0 N–H and O–H groups in total. The molecule has 0 amide bonds. The van der Waals surface area contributed by atoms with E-state index in [4.69, 9.17) is 12.8 Å². The molecule has 0 fully saturated rings. The summed E-state index contributed by atoms with van der Waals surface area (Å²) in [6, 6.07) is 74.2. The van der Waals surface area contributed by atoms with Crippen LogP contribution in [0.15, 0.2) is 206 Å². The van der Waals surface area contributed by atoms with E-state index in [0.29, 0.717) is 0 Å². The molecule has 0 bridgehead atoms. The smallest absolute Gasteiger partial charge is 0.366 e. The normalized spacial score (nSPS) is 12.8. The minimum absolute atomic E-state index is 0. The molecule has 0 spiro atoms. The summed E-state index contributed by atoms with van der Waals surface area (Å²) in [6.45, 7) is 9.52. The Hall–Kier alpha value is -4.35. The van der Waals surface area contributed by atoms with Gasteiger partial charge < -0.3 is 12.8 Å². The molecule has 2 aliphatic rings. The zero-order valence-electron chi connectivity index (χ0n) is 35.9. The van der Waals surface area contributed by atoms with Crippen molar-refractivity contribution in [2.75, 3.05) is 5.90 Å². The Balaban J connectivity index is 0.000000161. The van der Waals surface area contributed by atoms with Gasteiger partial charge in [-0.3, -0.25) is 11.8 Å². The fourth-order valence-corrected chi connectivity index (χ4v) is 23.1. The van der Waals surface area contributed by atoms with Crippen LogP contribution in [0.2, 0.25) is 26.2 Å². The Kier molecular flexibility index (Phi) is 16.5. The van der Waals surface area contributed by atoms with Gasteiger partial charge in [0.15, 0.2) is 5.90 Å². The molecule has 0 atom stereocenters. The van der Waals surface area contributed by atoms with E-state index in [2.05, 4.69) is 232 Å². The Labute approximate surface area is 411 Å². The fourth-order valence-electron chi connectivity index (χ4n) is 9.19. The average Bonchev–Trinajstić information content (AvgIpc) is 3.71. The average molecular weight is 1160 g/mol. The Morgan fingerprint density at radius 2 is 0.635 bits per heavy atom. The van der Waals surface area contributed by atoms with Gasteiger partial charge in [0.05, 0.1) is 0 Å².